The topological polar surface area (TPSA) is 35.6 Å². The van der Waals surface area contributed by atoms with Crippen LogP contribution in [0.25, 0.3) is 0 Å². The zero-order valence-corrected chi connectivity index (χ0v) is 9.22. The molecule has 1 amide bonds. The summed E-state index contributed by atoms with van der Waals surface area (Å²) in [6.07, 6.45) is 2.00. The van der Waals surface area contributed by atoms with Crippen molar-refractivity contribution >= 4 is 6.41 Å². The predicted molar refractivity (Wildman–Crippen MR) is 62.1 cm³/mol. The molecule has 4 heteroatoms. The zero-order valence-electron chi connectivity index (χ0n) is 9.22. The zero-order chi connectivity index (χ0) is 11.2. The molecule has 0 saturated carbocycles. The molecule has 4 nitrogen and oxygen atoms in total. The second-order valence-electron chi connectivity index (χ2n) is 3.84. The molecule has 1 aromatic carbocycles. The number of hydrogen-bond acceptors (Lipinski definition) is 3. The first kappa shape index (κ1) is 11.1. The maximum Gasteiger partial charge on any atom is 0.328 e. The van der Waals surface area contributed by atoms with Crippen LogP contribution in [0.4, 0.5) is 0 Å². The molecule has 0 aromatic heterocycles. The lowest BCUT2D eigenvalue weighted by Crippen LogP contribution is -2.51. The Hall–Kier alpha value is -1.39. The highest BCUT2D eigenvalue weighted by Gasteiger charge is 2.16. The van der Waals surface area contributed by atoms with E-state index in [9.17, 15) is 4.79 Å². The first-order chi connectivity index (χ1) is 7.90. The molecular formula is C12H16N3O. The van der Waals surface area contributed by atoms with Gasteiger partial charge in [0.25, 0.3) is 0 Å². The first-order valence-electron chi connectivity index (χ1n) is 5.55. The van der Waals surface area contributed by atoms with Gasteiger partial charge in [-0.05, 0) is 5.56 Å². The maximum absolute atomic E-state index is 10.9. The van der Waals surface area contributed by atoms with E-state index in [4.69, 9.17) is 0 Å². The van der Waals surface area contributed by atoms with Crippen molar-refractivity contribution in [3.8, 4) is 0 Å². The Morgan fingerprint density at radius 3 is 2.56 bits per heavy atom. The van der Waals surface area contributed by atoms with Crippen LogP contribution in [-0.2, 0) is 11.3 Å². The summed E-state index contributed by atoms with van der Waals surface area (Å²) in [7, 11) is 0. The monoisotopic (exact) mass is 218 g/mol. The molecule has 1 aromatic rings. The van der Waals surface area contributed by atoms with E-state index in [1.165, 1.54) is 0 Å². The molecule has 0 bridgehead atoms. The quantitative estimate of drug-likeness (QED) is 0.742. The van der Waals surface area contributed by atoms with Gasteiger partial charge in [-0.2, -0.15) is 0 Å². The van der Waals surface area contributed by atoms with Gasteiger partial charge in [-0.3, -0.25) is 9.80 Å². The van der Waals surface area contributed by atoms with Gasteiger partial charge in [0.15, 0.2) is 0 Å². The van der Waals surface area contributed by atoms with Gasteiger partial charge in [0, 0.05) is 26.2 Å². The summed E-state index contributed by atoms with van der Waals surface area (Å²) in [5.74, 6) is 0. The molecule has 0 unspecified atom stereocenters. The summed E-state index contributed by atoms with van der Waals surface area (Å²) < 4.78 is 0. The lowest BCUT2D eigenvalue weighted by atomic mass is 10.2. The van der Waals surface area contributed by atoms with E-state index in [0.717, 1.165) is 31.7 Å². The summed E-state index contributed by atoms with van der Waals surface area (Å²) in [5, 5.41) is 6.93. The molecule has 1 aliphatic rings. The normalized spacial score (nSPS) is 17.0. The van der Waals surface area contributed by atoms with Crippen LogP contribution in [-0.4, -0.2) is 42.6 Å². The van der Waals surface area contributed by atoms with Crippen molar-refractivity contribution < 1.29 is 4.79 Å². The summed E-state index contributed by atoms with van der Waals surface area (Å²) >= 11 is 0. The third kappa shape index (κ3) is 2.81. The average Bonchev–Trinajstić information content (AvgIpc) is 2.38. The highest BCUT2D eigenvalue weighted by molar-refractivity contribution is 5.47. The van der Waals surface area contributed by atoms with Gasteiger partial charge < -0.3 is 5.32 Å². The SMILES string of the molecule is O=[C]N(Cc1ccccc1)N1CCNCC1. The Labute approximate surface area is 95.8 Å². The highest BCUT2D eigenvalue weighted by atomic mass is 16.1. The molecule has 0 spiro atoms. The molecule has 2 rings (SSSR count). The Morgan fingerprint density at radius 2 is 1.94 bits per heavy atom. The molecule has 16 heavy (non-hydrogen) atoms. The molecule has 1 fully saturated rings. The van der Waals surface area contributed by atoms with Crippen LogP contribution < -0.4 is 5.32 Å². The number of nitrogens with one attached hydrogen (secondary N) is 1. The van der Waals surface area contributed by atoms with Gasteiger partial charge in [-0.15, -0.1) is 0 Å². The minimum atomic E-state index is 0.602. The Balaban J connectivity index is 1.97. The van der Waals surface area contributed by atoms with E-state index < -0.39 is 0 Å². The standard InChI is InChI=1S/C12H16N3O/c16-11-15(14-8-6-13-7-9-14)10-12-4-2-1-3-5-12/h1-5,13H,6-10H2. The second-order valence-corrected chi connectivity index (χ2v) is 3.84. The largest absolute Gasteiger partial charge is 0.328 e. The number of carbonyl (C=O) groups excluding carboxylic acids is 1. The summed E-state index contributed by atoms with van der Waals surface area (Å²) in [6, 6.07) is 9.98. The number of nitrogens with zero attached hydrogens (tertiary/aromatic N) is 2. The molecule has 85 valence electrons. The fourth-order valence-electron chi connectivity index (χ4n) is 1.84. The van der Waals surface area contributed by atoms with E-state index in [2.05, 4.69) is 5.32 Å². The van der Waals surface area contributed by atoms with E-state index in [0.29, 0.717) is 6.54 Å². The summed E-state index contributed by atoms with van der Waals surface area (Å²) in [4.78, 5) is 10.9. The average molecular weight is 218 g/mol. The van der Waals surface area contributed by atoms with Crippen molar-refractivity contribution in [2.45, 2.75) is 6.54 Å². The van der Waals surface area contributed by atoms with Gasteiger partial charge in [0.1, 0.15) is 0 Å². The Bertz CT molecular complexity index is 322. The number of benzene rings is 1. The number of rotatable bonds is 4. The molecule has 1 heterocycles. The number of amides is 1. The van der Waals surface area contributed by atoms with Crippen LogP contribution in [0.15, 0.2) is 30.3 Å². The van der Waals surface area contributed by atoms with Crippen molar-refractivity contribution in [2.24, 2.45) is 0 Å². The fraction of sp³-hybridized carbons (Fsp3) is 0.417. The lowest BCUT2D eigenvalue weighted by Gasteiger charge is -2.34. The molecule has 1 aliphatic heterocycles. The van der Waals surface area contributed by atoms with Crippen molar-refractivity contribution in [3.63, 3.8) is 0 Å². The molecule has 1 saturated heterocycles. The van der Waals surface area contributed by atoms with Crippen LogP contribution in [0.3, 0.4) is 0 Å². The van der Waals surface area contributed by atoms with Crippen LogP contribution >= 0.6 is 0 Å². The van der Waals surface area contributed by atoms with Gasteiger partial charge >= 0.3 is 6.41 Å². The third-order valence-corrected chi connectivity index (χ3v) is 2.72. The fourth-order valence-corrected chi connectivity index (χ4v) is 1.84. The Morgan fingerprint density at radius 1 is 1.25 bits per heavy atom. The maximum atomic E-state index is 10.9. The van der Waals surface area contributed by atoms with Crippen LogP contribution in [0.5, 0.6) is 0 Å². The molecular weight excluding hydrogens is 202 g/mol. The van der Waals surface area contributed by atoms with Gasteiger partial charge in [-0.1, -0.05) is 30.3 Å². The minimum Gasteiger partial charge on any atom is -0.314 e. The minimum absolute atomic E-state index is 0.602. The number of hydrogen-bond donors (Lipinski definition) is 1. The first-order valence-corrected chi connectivity index (χ1v) is 5.55. The van der Waals surface area contributed by atoms with E-state index in [-0.39, 0.29) is 0 Å². The van der Waals surface area contributed by atoms with E-state index in [1.807, 2.05) is 41.8 Å². The molecule has 0 atom stereocenters. The van der Waals surface area contributed by atoms with Gasteiger partial charge in [0.2, 0.25) is 0 Å². The summed E-state index contributed by atoms with van der Waals surface area (Å²) in [6.45, 7) is 4.18. The highest BCUT2D eigenvalue weighted by Crippen LogP contribution is 2.06. The summed E-state index contributed by atoms with van der Waals surface area (Å²) in [5.41, 5.74) is 1.13. The van der Waals surface area contributed by atoms with Crippen molar-refractivity contribution in [1.82, 2.24) is 15.3 Å². The number of hydrazine groups is 1. The van der Waals surface area contributed by atoms with Crippen LogP contribution in [0.2, 0.25) is 0 Å². The van der Waals surface area contributed by atoms with Crippen LogP contribution in [0, 0.1) is 0 Å². The van der Waals surface area contributed by atoms with E-state index in [1.54, 1.807) is 5.01 Å². The smallest absolute Gasteiger partial charge is 0.314 e. The molecule has 1 N–H and O–H groups in total. The van der Waals surface area contributed by atoms with Gasteiger partial charge in [0.05, 0.1) is 6.54 Å². The third-order valence-electron chi connectivity index (χ3n) is 2.72. The van der Waals surface area contributed by atoms with E-state index >= 15 is 0 Å². The lowest BCUT2D eigenvalue weighted by molar-refractivity contribution is 0.0229. The Kier molecular flexibility index (Phi) is 3.91. The number of piperazine rings is 1. The van der Waals surface area contributed by atoms with Crippen LogP contribution in [0.1, 0.15) is 5.56 Å². The second kappa shape index (κ2) is 5.63. The van der Waals surface area contributed by atoms with Crippen molar-refractivity contribution in [1.29, 1.82) is 0 Å². The molecule has 1 radical (unpaired) electrons. The van der Waals surface area contributed by atoms with Gasteiger partial charge in [-0.25, -0.2) is 5.01 Å². The predicted octanol–water partition coefficient (Wildman–Crippen LogP) is 0.376. The molecule has 0 aliphatic carbocycles. The van der Waals surface area contributed by atoms with Crippen molar-refractivity contribution in [2.75, 3.05) is 26.2 Å². The van der Waals surface area contributed by atoms with Crippen molar-refractivity contribution in [3.05, 3.63) is 35.9 Å².